The first-order valence-electron chi connectivity index (χ1n) is 7.94. The van der Waals surface area contributed by atoms with E-state index in [2.05, 4.69) is 15.1 Å². The molecular formula is C16H23N3O5. The van der Waals surface area contributed by atoms with E-state index in [1.807, 2.05) is 37.4 Å². The van der Waals surface area contributed by atoms with E-state index in [-0.39, 0.29) is 19.3 Å². The number of fused-ring (bicyclic) bond motifs is 1. The minimum absolute atomic E-state index is 0.0886. The standard InChI is InChI=1S/C16H23N3O5/c1-12(4-3-9-24-19(21)22)18-10-13(20)11-23-16-6-2-5-15-14(16)7-8-17-15/h2,5-8,12-13,17-18,20H,3-4,9-11H2,1H3. The third-order valence-electron chi connectivity index (χ3n) is 3.67. The van der Waals surface area contributed by atoms with Gasteiger partial charge >= 0.3 is 0 Å². The summed E-state index contributed by atoms with van der Waals surface area (Å²) in [6, 6.07) is 7.79. The second-order valence-corrected chi connectivity index (χ2v) is 5.67. The average Bonchev–Trinajstić information content (AvgIpc) is 3.04. The van der Waals surface area contributed by atoms with Gasteiger partial charge in [0.2, 0.25) is 0 Å². The molecule has 2 atom stereocenters. The van der Waals surface area contributed by atoms with Gasteiger partial charge in [-0.1, -0.05) is 6.07 Å². The first kappa shape index (κ1) is 18.0. The van der Waals surface area contributed by atoms with E-state index >= 15 is 0 Å². The summed E-state index contributed by atoms with van der Waals surface area (Å²) in [4.78, 5) is 17.4. The summed E-state index contributed by atoms with van der Waals surface area (Å²) in [5, 5.41) is 23.4. The Kier molecular flexibility index (Phi) is 6.83. The molecule has 0 amide bonds. The Morgan fingerprint density at radius 1 is 1.42 bits per heavy atom. The minimum atomic E-state index is -0.787. The van der Waals surface area contributed by atoms with Gasteiger partial charge in [0.25, 0.3) is 5.09 Å². The van der Waals surface area contributed by atoms with Crippen molar-refractivity contribution in [1.82, 2.24) is 10.3 Å². The highest BCUT2D eigenvalue weighted by Crippen LogP contribution is 2.24. The minimum Gasteiger partial charge on any atom is -0.490 e. The second kappa shape index (κ2) is 9.09. The van der Waals surface area contributed by atoms with Crippen molar-refractivity contribution < 1.29 is 19.8 Å². The van der Waals surface area contributed by atoms with Crippen LogP contribution >= 0.6 is 0 Å². The van der Waals surface area contributed by atoms with Crippen LogP contribution in [0.3, 0.4) is 0 Å². The Morgan fingerprint density at radius 3 is 3.04 bits per heavy atom. The topological polar surface area (TPSA) is 110 Å². The number of nitrogens with one attached hydrogen (secondary N) is 2. The quantitative estimate of drug-likeness (QED) is 0.328. The summed E-state index contributed by atoms with van der Waals surface area (Å²) in [5.74, 6) is 0.734. The lowest BCUT2D eigenvalue weighted by atomic mass is 10.2. The van der Waals surface area contributed by atoms with Crippen LogP contribution in [0.2, 0.25) is 0 Å². The molecule has 2 aromatic rings. The normalized spacial score (nSPS) is 13.6. The molecule has 0 saturated heterocycles. The molecule has 3 N–H and O–H groups in total. The van der Waals surface area contributed by atoms with Gasteiger partial charge in [0.05, 0.1) is 6.61 Å². The molecule has 0 fully saturated rings. The Balaban J connectivity index is 1.65. The summed E-state index contributed by atoms with van der Waals surface area (Å²) in [6.45, 7) is 2.63. The van der Waals surface area contributed by atoms with Gasteiger partial charge in [-0.15, -0.1) is 10.1 Å². The fourth-order valence-corrected chi connectivity index (χ4v) is 2.40. The number of rotatable bonds is 11. The Bertz CT molecular complexity index is 645. The van der Waals surface area contributed by atoms with Crippen molar-refractivity contribution in [3.63, 3.8) is 0 Å². The lowest BCUT2D eigenvalue weighted by Crippen LogP contribution is -2.36. The van der Waals surface area contributed by atoms with E-state index in [1.54, 1.807) is 0 Å². The lowest BCUT2D eigenvalue weighted by Gasteiger charge is -2.17. The van der Waals surface area contributed by atoms with E-state index in [9.17, 15) is 15.2 Å². The average molecular weight is 337 g/mol. The van der Waals surface area contributed by atoms with Crippen LogP contribution < -0.4 is 10.1 Å². The molecule has 132 valence electrons. The van der Waals surface area contributed by atoms with Crippen molar-refractivity contribution in [2.75, 3.05) is 19.8 Å². The maximum atomic E-state index is 10.0. The van der Waals surface area contributed by atoms with E-state index in [1.165, 1.54) is 0 Å². The van der Waals surface area contributed by atoms with Gasteiger partial charge in [0, 0.05) is 29.7 Å². The zero-order valence-corrected chi connectivity index (χ0v) is 13.6. The molecule has 2 rings (SSSR count). The van der Waals surface area contributed by atoms with Crippen molar-refractivity contribution in [3.8, 4) is 5.75 Å². The first-order valence-corrected chi connectivity index (χ1v) is 7.94. The molecular weight excluding hydrogens is 314 g/mol. The number of aliphatic hydroxyl groups is 1. The van der Waals surface area contributed by atoms with Crippen molar-refractivity contribution >= 4 is 10.9 Å². The molecule has 1 aromatic heterocycles. The van der Waals surface area contributed by atoms with Crippen LogP contribution in [0.1, 0.15) is 19.8 Å². The maximum absolute atomic E-state index is 10.0. The largest absolute Gasteiger partial charge is 0.490 e. The summed E-state index contributed by atoms with van der Waals surface area (Å²) in [6.07, 6.45) is 2.51. The van der Waals surface area contributed by atoms with Crippen molar-refractivity contribution in [2.45, 2.75) is 31.9 Å². The highest BCUT2D eigenvalue weighted by Gasteiger charge is 2.10. The zero-order valence-electron chi connectivity index (χ0n) is 13.6. The molecule has 0 spiro atoms. The molecule has 24 heavy (non-hydrogen) atoms. The monoisotopic (exact) mass is 337 g/mol. The Labute approximate surface area is 139 Å². The second-order valence-electron chi connectivity index (χ2n) is 5.67. The Hall–Kier alpha value is -2.32. The van der Waals surface area contributed by atoms with Crippen LogP contribution in [0.4, 0.5) is 0 Å². The predicted octanol–water partition coefficient (Wildman–Crippen LogP) is 1.87. The summed E-state index contributed by atoms with van der Waals surface area (Å²) in [7, 11) is 0. The SMILES string of the molecule is CC(CCCO[N+](=O)[O-])NCC(O)COc1cccc2[nH]ccc12. The number of aliphatic hydroxyl groups excluding tert-OH is 1. The van der Waals surface area contributed by atoms with Crippen molar-refractivity contribution in [1.29, 1.82) is 0 Å². The molecule has 0 aliphatic rings. The molecule has 0 bridgehead atoms. The number of benzene rings is 1. The van der Waals surface area contributed by atoms with Crippen LogP contribution in [0, 0.1) is 10.1 Å². The molecule has 0 aliphatic carbocycles. The van der Waals surface area contributed by atoms with Gasteiger partial charge in [-0.2, -0.15) is 0 Å². The number of H-pyrrole nitrogens is 1. The van der Waals surface area contributed by atoms with Crippen LogP contribution in [-0.4, -0.2) is 47.1 Å². The molecule has 0 aliphatic heterocycles. The van der Waals surface area contributed by atoms with E-state index in [4.69, 9.17) is 4.74 Å². The molecule has 0 saturated carbocycles. The van der Waals surface area contributed by atoms with Crippen LogP contribution in [0.5, 0.6) is 5.75 Å². The number of hydrogen-bond acceptors (Lipinski definition) is 6. The zero-order chi connectivity index (χ0) is 17.4. The van der Waals surface area contributed by atoms with E-state index in [0.717, 1.165) is 23.1 Å². The molecule has 8 nitrogen and oxygen atoms in total. The van der Waals surface area contributed by atoms with E-state index < -0.39 is 11.2 Å². The Morgan fingerprint density at radius 2 is 2.25 bits per heavy atom. The molecule has 1 aromatic carbocycles. The smallest absolute Gasteiger partial charge is 0.294 e. The van der Waals surface area contributed by atoms with E-state index in [0.29, 0.717) is 13.0 Å². The number of aromatic nitrogens is 1. The van der Waals surface area contributed by atoms with Gasteiger partial charge in [-0.05, 0) is 38.0 Å². The summed E-state index contributed by atoms with van der Waals surface area (Å²) in [5.41, 5.74) is 0.991. The maximum Gasteiger partial charge on any atom is 0.294 e. The third-order valence-corrected chi connectivity index (χ3v) is 3.67. The molecule has 8 heteroatoms. The molecule has 2 unspecified atom stereocenters. The van der Waals surface area contributed by atoms with Crippen LogP contribution in [0.15, 0.2) is 30.5 Å². The van der Waals surface area contributed by atoms with Gasteiger partial charge in [0.15, 0.2) is 0 Å². The highest BCUT2D eigenvalue weighted by atomic mass is 16.9. The van der Waals surface area contributed by atoms with Gasteiger partial charge in [-0.3, -0.25) is 0 Å². The number of ether oxygens (including phenoxy) is 1. The first-order chi connectivity index (χ1) is 11.6. The predicted molar refractivity (Wildman–Crippen MR) is 89.4 cm³/mol. The van der Waals surface area contributed by atoms with Gasteiger partial charge < -0.3 is 25.0 Å². The van der Waals surface area contributed by atoms with Crippen LogP contribution in [0.25, 0.3) is 10.9 Å². The molecule has 0 radical (unpaired) electrons. The summed E-state index contributed by atoms with van der Waals surface area (Å²) < 4.78 is 5.69. The summed E-state index contributed by atoms with van der Waals surface area (Å²) >= 11 is 0. The third kappa shape index (κ3) is 5.71. The van der Waals surface area contributed by atoms with Crippen LogP contribution in [-0.2, 0) is 4.84 Å². The van der Waals surface area contributed by atoms with Crippen molar-refractivity contribution in [3.05, 3.63) is 40.6 Å². The number of hydrogen-bond donors (Lipinski definition) is 3. The van der Waals surface area contributed by atoms with Gasteiger partial charge in [-0.25, -0.2) is 0 Å². The van der Waals surface area contributed by atoms with Gasteiger partial charge in [0.1, 0.15) is 18.5 Å². The fourth-order valence-electron chi connectivity index (χ4n) is 2.40. The number of nitrogens with zero attached hydrogens (tertiary/aromatic N) is 1. The molecule has 1 heterocycles. The van der Waals surface area contributed by atoms with Crippen molar-refractivity contribution in [2.24, 2.45) is 0 Å². The lowest BCUT2D eigenvalue weighted by molar-refractivity contribution is -0.757. The number of aromatic amines is 1. The fraction of sp³-hybridized carbons (Fsp3) is 0.500. The highest BCUT2D eigenvalue weighted by molar-refractivity contribution is 5.85.